The number of hydrogen-bond donors (Lipinski definition) is 0. The van der Waals surface area contributed by atoms with Crippen LogP contribution in [0, 0.1) is 0 Å². The van der Waals surface area contributed by atoms with Gasteiger partial charge in [-0.15, -0.1) is 0 Å². The van der Waals surface area contributed by atoms with Crippen molar-refractivity contribution in [2.24, 2.45) is 0 Å². The molecule has 0 aliphatic heterocycles. The molecule has 4 nitrogen and oxygen atoms in total. The van der Waals surface area contributed by atoms with E-state index in [2.05, 4.69) is 37.9 Å². The van der Waals surface area contributed by atoms with Crippen LogP contribution in [0.5, 0.6) is 0 Å². The summed E-state index contributed by atoms with van der Waals surface area (Å²) in [6.07, 6.45) is 3.71. The van der Waals surface area contributed by atoms with Crippen molar-refractivity contribution < 1.29 is 0 Å². The third-order valence-electron chi connectivity index (χ3n) is 1.73. The summed E-state index contributed by atoms with van der Waals surface area (Å²) in [6, 6.07) is 0. The van der Waals surface area contributed by atoms with E-state index < -0.39 is 0 Å². The molecule has 2 aromatic heterocycles. The van der Waals surface area contributed by atoms with Gasteiger partial charge in [0.15, 0.2) is 16.0 Å². The molecule has 7 heteroatoms. The Balaban J connectivity index is 2.65. The second-order valence-corrected chi connectivity index (χ2v) is 5.51. The molecular weight excluding hydrogens is 296 g/mol. The maximum atomic E-state index is 4.42. The minimum atomic E-state index is 0.777. The minimum absolute atomic E-state index is 0.777. The zero-order chi connectivity index (χ0) is 10.8. The van der Waals surface area contributed by atoms with E-state index in [1.165, 1.54) is 11.8 Å². The van der Waals surface area contributed by atoms with Gasteiger partial charge in [-0.3, -0.25) is 0 Å². The van der Waals surface area contributed by atoms with E-state index in [4.69, 9.17) is 0 Å². The Bertz CT molecular complexity index is 485. The maximum Gasteiger partial charge on any atom is 0.193 e. The molecule has 0 aromatic carbocycles. The van der Waals surface area contributed by atoms with Gasteiger partial charge in [0.1, 0.15) is 0 Å². The van der Waals surface area contributed by atoms with Crippen LogP contribution < -0.4 is 0 Å². The first-order valence-corrected chi connectivity index (χ1v) is 7.34. The van der Waals surface area contributed by atoms with Crippen molar-refractivity contribution in [1.29, 1.82) is 0 Å². The van der Waals surface area contributed by atoms with E-state index in [-0.39, 0.29) is 0 Å². The molecule has 0 N–H and O–H groups in total. The first-order chi connectivity index (χ1) is 7.26. The van der Waals surface area contributed by atoms with Gasteiger partial charge in [0.25, 0.3) is 0 Å². The molecular formula is C8H9BrN4S2. The van der Waals surface area contributed by atoms with Crippen molar-refractivity contribution in [3.8, 4) is 0 Å². The molecule has 0 aliphatic carbocycles. The van der Waals surface area contributed by atoms with Crippen LogP contribution in [-0.2, 0) is 0 Å². The van der Waals surface area contributed by atoms with Crippen molar-refractivity contribution in [2.45, 2.75) is 17.2 Å². The fraction of sp³-hybridized carbons (Fsp3) is 0.375. The van der Waals surface area contributed by atoms with E-state index >= 15 is 0 Å². The number of hydrogen-bond acceptors (Lipinski definition) is 5. The Morgan fingerprint density at radius 3 is 2.93 bits per heavy atom. The fourth-order valence-corrected chi connectivity index (χ4v) is 2.55. The SMILES string of the molecule is CCSc1nc(SC)nc2c(Br)cnn12. The maximum absolute atomic E-state index is 4.42. The number of rotatable bonds is 3. The normalized spacial score (nSPS) is 11.1. The van der Waals surface area contributed by atoms with Crippen LogP contribution in [-0.4, -0.2) is 31.6 Å². The van der Waals surface area contributed by atoms with Gasteiger partial charge in [-0.2, -0.15) is 14.6 Å². The van der Waals surface area contributed by atoms with Crippen LogP contribution in [0.25, 0.3) is 5.65 Å². The standard InChI is InChI=1S/C8H9BrN4S2/c1-3-15-8-12-7(14-2)11-6-5(9)4-10-13(6)8/h4H,3H2,1-2H3. The number of fused-ring (bicyclic) bond motifs is 1. The van der Waals surface area contributed by atoms with Crippen molar-refractivity contribution in [3.05, 3.63) is 10.7 Å². The molecule has 0 radical (unpaired) electrons. The number of aromatic nitrogens is 4. The van der Waals surface area contributed by atoms with Gasteiger partial charge >= 0.3 is 0 Å². The quantitative estimate of drug-likeness (QED) is 0.816. The average molecular weight is 305 g/mol. The lowest BCUT2D eigenvalue weighted by atomic mass is 10.7. The average Bonchev–Trinajstić information content (AvgIpc) is 2.61. The van der Waals surface area contributed by atoms with Crippen LogP contribution in [0.15, 0.2) is 21.0 Å². The van der Waals surface area contributed by atoms with Gasteiger partial charge in [0, 0.05) is 0 Å². The summed E-state index contributed by atoms with van der Waals surface area (Å²) in [7, 11) is 0. The summed E-state index contributed by atoms with van der Waals surface area (Å²) < 4.78 is 2.66. The zero-order valence-electron chi connectivity index (χ0n) is 8.27. The second kappa shape index (κ2) is 4.71. The molecule has 0 unspecified atom stereocenters. The highest BCUT2D eigenvalue weighted by Crippen LogP contribution is 2.23. The third kappa shape index (κ3) is 2.14. The van der Waals surface area contributed by atoms with Gasteiger partial charge in [-0.05, 0) is 27.9 Å². The minimum Gasteiger partial charge on any atom is -0.202 e. The largest absolute Gasteiger partial charge is 0.202 e. The molecule has 80 valence electrons. The Kier molecular flexibility index (Phi) is 3.53. The predicted molar refractivity (Wildman–Crippen MR) is 66.7 cm³/mol. The van der Waals surface area contributed by atoms with Gasteiger partial charge in [0.05, 0.1) is 10.7 Å². The fourth-order valence-electron chi connectivity index (χ4n) is 1.12. The molecule has 0 fully saturated rings. The van der Waals surface area contributed by atoms with Gasteiger partial charge in [-0.1, -0.05) is 30.4 Å². The summed E-state index contributed by atoms with van der Waals surface area (Å²) >= 11 is 6.62. The smallest absolute Gasteiger partial charge is 0.193 e. The Hall–Kier alpha value is -0.270. The van der Waals surface area contributed by atoms with E-state index in [0.717, 1.165) is 26.2 Å². The van der Waals surface area contributed by atoms with Crippen molar-refractivity contribution in [3.63, 3.8) is 0 Å². The Morgan fingerprint density at radius 2 is 2.27 bits per heavy atom. The summed E-state index contributed by atoms with van der Waals surface area (Å²) in [5.41, 5.74) is 0.824. The lowest BCUT2D eigenvalue weighted by Crippen LogP contribution is -2.00. The van der Waals surface area contributed by atoms with Crippen molar-refractivity contribution >= 4 is 45.1 Å². The van der Waals surface area contributed by atoms with E-state index in [1.807, 2.05) is 6.26 Å². The summed E-state index contributed by atoms with van der Waals surface area (Å²) in [6.45, 7) is 2.09. The van der Waals surface area contributed by atoms with Crippen LogP contribution >= 0.6 is 39.5 Å². The summed E-state index contributed by atoms with van der Waals surface area (Å²) in [5.74, 6) is 0.970. The van der Waals surface area contributed by atoms with Crippen molar-refractivity contribution in [1.82, 2.24) is 19.6 Å². The van der Waals surface area contributed by atoms with Crippen LogP contribution in [0.1, 0.15) is 6.92 Å². The molecule has 0 spiro atoms. The predicted octanol–water partition coefficient (Wildman–Crippen LogP) is 2.72. The molecule has 2 aromatic rings. The van der Waals surface area contributed by atoms with Crippen LogP contribution in [0.4, 0.5) is 0 Å². The van der Waals surface area contributed by atoms with E-state index in [1.54, 1.807) is 22.5 Å². The van der Waals surface area contributed by atoms with E-state index in [9.17, 15) is 0 Å². The first kappa shape index (κ1) is 11.2. The Morgan fingerprint density at radius 1 is 1.47 bits per heavy atom. The molecule has 0 atom stereocenters. The van der Waals surface area contributed by atoms with Crippen LogP contribution in [0.2, 0.25) is 0 Å². The molecule has 0 saturated carbocycles. The van der Waals surface area contributed by atoms with Gasteiger partial charge < -0.3 is 0 Å². The van der Waals surface area contributed by atoms with Crippen LogP contribution in [0.3, 0.4) is 0 Å². The number of thioether (sulfide) groups is 2. The molecule has 0 aliphatic rings. The molecule has 2 rings (SSSR count). The number of halogens is 1. The summed E-state index contributed by atoms with van der Waals surface area (Å²) in [4.78, 5) is 8.81. The van der Waals surface area contributed by atoms with Gasteiger partial charge in [0.2, 0.25) is 0 Å². The topological polar surface area (TPSA) is 43.1 Å². The monoisotopic (exact) mass is 304 g/mol. The first-order valence-electron chi connectivity index (χ1n) is 4.34. The lowest BCUT2D eigenvalue weighted by molar-refractivity contribution is 0.722. The zero-order valence-corrected chi connectivity index (χ0v) is 11.5. The highest BCUT2D eigenvalue weighted by atomic mass is 79.9. The molecule has 0 amide bonds. The van der Waals surface area contributed by atoms with E-state index in [0.29, 0.717) is 0 Å². The molecule has 0 saturated heterocycles. The highest BCUT2D eigenvalue weighted by molar-refractivity contribution is 9.10. The van der Waals surface area contributed by atoms with Crippen molar-refractivity contribution in [2.75, 3.05) is 12.0 Å². The Labute approximate surface area is 104 Å². The van der Waals surface area contributed by atoms with Gasteiger partial charge in [-0.25, -0.2) is 4.98 Å². The second-order valence-electron chi connectivity index (χ2n) is 2.65. The molecule has 15 heavy (non-hydrogen) atoms. The number of nitrogens with zero attached hydrogens (tertiary/aromatic N) is 4. The molecule has 0 bridgehead atoms. The molecule has 2 heterocycles. The highest BCUT2D eigenvalue weighted by Gasteiger charge is 2.10. The third-order valence-corrected chi connectivity index (χ3v) is 3.65. The lowest BCUT2D eigenvalue weighted by Gasteiger charge is -2.03. The summed E-state index contributed by atoms with van der Waals surface area (Å²) in [5, 5.41) is 5.89.